The third-order valence-electron chi connectivity index (χ3n) is 3.57. The Morgan fingerprint density at radius 1 is 1.15 bits per heavy atom. The van der Waals surface area contributed by atoms with E-state index in [0.717, 1.165) is 5.56 Å². The summed E-state index contributed by atoms with van der Waals surface area (Å²) in [4.78, 5) is 16.4. The van der Waals surface area contributed by atoms with Gasteiger partial charge >= 0.3 is 5.97 Å². The highest BCUT2D eigenvalue weighted by Gasteiger charge is 2.04. The average molecular weight is 375 g/mol. The molecule has 0 heterocycles. The number of carbonyl (C=O) groups excluding carboxylic acids is 1. The van der Waals surface area contributed by atoms with Crippen molar-refractivity contribution in [3.63, 3.8) is 0 Å². The van der Waals surface area contributed by atoms with E-state index in [1.54, 1.807) is 30.3 Å². The fourth-order valence-corrected chi connectivity index (χ4v) is 2.26. The van der Waals surface area contributed by atoms with Crippen molar-refractivity contribution in [1.82, 2.24) is 5.39 Å². The van der Waals surface area contributed by atoms with Gasteiger partial charge in [-0.1, -0.05) is 18.2 Å². The monoisotopic (exact) mass is 375 g/mol. The number of esters is 1. The van der Waals surface area contributed by atoms with Crippen LogP contribution in [0.5, 0.6) is 17.2 Å². The molecule has 27 heavy (non-hydrogen) atoms. The maximum Gasteiger partial charge on any atom is 0.336 e. The van der Waals surface area contributed by atoms with Crippen LogP contribution < -0.4 is 9.47 Å². The molecule has 2 aromatic rings. The summed E-state index contributed by atoms with van der Waals surface area (Å²) in [6, 6.07) is 11.7. The minimum absolute atomic E-state index is 0.0222. The van der Waals surface area contributed by atoms with E-state index in [0.29, 0.717) is 29.9 Å². The molecular formula is C19H21NO7. The summed E-state index contributed by atoms with van der Waals surface area (Å²) in [6.07, 6.45) is 4.11. The first kappa shape index (κ1) is 20.4. The second-order valence-electron chi connectivity index (χ2n) is 5.52. The molecule has 0 amide bonds. The van der Waals surface area contributed by atoms with Crippen molar-refractivity contribution in [2.45, 2.75) is 12.8 Å². The van der Waals surface area contributed by atoms with E-state index in [2.05, 4.69) is 4.84 Å². The molecule has 0 saturated heterocycles. The Labute approximate surface area is 156 Å². The normalized spacial score (nSPS) is 11.1. The molecule has 0 unspecified atom stereocenters. The first-order chi connectivity index (χ1) is 13.0. The number of aromatic hydroxyl groups is 1. The summed E-state index contributed by atoms with van der Waals surface area (Å²) in [6.45, 7) is 0.163. The van der Waals surface area contributed by atoms with Crippen LogP contribution >= 0.6 is 0 Å². The highest BCUT2D eigenvalue weighted by Crippen LogP contribution is 2.26. The number of ether oxygens (including phenoxy) is 2. The molecule has 2 rings (SSSR count). The predicted molar refractivity (Wildman–Crippen MR) is 95.5 cm³/mol. The summed E-state index contributed by atoms with van der Waals surface area (Å²) in [7, 11) is 1.45. The lowest BCUT2D eigenvalue weighted by Crippen LogP contribution is -2.15. The molecule has 0 saturated carbocycles. The first-order valence-corrected chi connectivity index (χ1v) is 8.14. The molecule has 0 aliphatic rings. The van der Waals surface area contributed by atoms with E-state index >= 15 is 0 Å². The van der Waals surface area contributed by atoms with Gasteiger partial charge in [-0.25, -0.2) is 4.79 Å². The number of methoxy groups -OCH3 is 1. The van der Waals surface area contributed by atoms with Crippen molar-refractivity contribution < 1.29 is 34.6 Å². The molecule has 0 fully saturated rings. The van der Waals surface area contributed by atoms with Crippen LogP contribution in [-0.2, 0) is 16.1 Å². The number of carbonyl (C=O) groups is 1. The molecule has 0 aliphatic carbocycles. The number of nitrogens with zero attached hydrogens (tertiary/aromatic N) is 1. The number of rotatable bonds is 9. The zero-order valence-corrected chi connectivity index (χ0v) is 14.7. The Morgan fingerprint density at radius 2 is 1.89 bits per heavy atom. The summed E-state index contributed by atoms with van der Waals surface area (Å²) in [5.74, 6) is 0.213. The Kier molecular flexibility index (Phi) is 7.78. The summed E-state index contributed by atoms with van der Waals surface area (Å²) in [5.41, 5.74) is 1.68. The highest BCUT2D eigenvalue weighted by atomic mass is 17.1. The molecule has 0 aliphatic heterocycles. The Bertz CT molecular complexity index is 772. The van der Waals surface area contributed by atoms with Gasteiger partial charge in [-0.05, 0) is 54.3 Å². The van der Waals surface area contributed by atoms with Gasteiger partial charge in [0.25, 0.3) is 0 Å². The second kappa shape index (κ2) is 10.3. The standard InChI is InChI=1S/C19H21NO7/c1-25-18-13-15(6-10-17(18)21)7-11-19(22)27-16-8-4-14(5-9-16)3-2-12-26-20(23)24/h4-11,13,21,23-24H,2-3,12H2,1H3/b11-7+. The fourth-order valence-electron chi connectivity index (χ4n) is 2.26. The fraction of sp³-hybridized carbons (Fsp3) is 0.211. The smallest absolute Gasteiger partial charge is 0.336 e. The van der Waals surface area contributed by atoms with E-state index in [4.69, 9.17) is 19.9 Å². The van der Waals surface area contributed by atoms with E-state index in [-0.39, 0.29) is 17.7 Å². The van der Waals surface area contributed by atoms with Crippen LogP contribution in [0.1, 0.15) is 17.5 Å². The molecular weight excluding hydrogens is 354 g/mol. The van der Waals surface area contributed by atoms with Gasteiger partial charge in [0.15, 0.2) is 11.5 Å². The van der Waals surface area contributed by atoms with E-state index in [1.807, 2.05) is 12.1 Å². The first-order valence-electron chi connectivity index (χ1n) is 8.14. The van der Waals surface area contributed by atoms with Crippen LogP contribution in [-0.4, -0.2) is 40.6 Å². The number of phenols is 1. The van der Waals surface area contributed by atoms with Gasteiger partial charge in [0.1, 0.15) is 5.75 Å². The zero-order valence-electron chi connectivity index (χ0n) is 14.7. The molecule has 0 atom stereocenters. The van der Waals surface area contributed by atoms with Gasteiger partial charge in [-0.2, -0.15) is 0 Å². The van der Waals surface area contributed by atoms with Gasteiger partial charge in [0.05, 0.1) is 19.1 Å². The van der Waals surface area contributed by atoms with Crippen molar-refractivity contribution in [2.24, 2.45) is 0 Å². The van der Waals surface area contributed by atoms with Crippen molar-refractivity contribution in [1.29, 1.82) is 0 Å². The van der Waals surface area contributed by atoms with E-state index < -0.39 is 5.97 Å². The predicted octanol–water partition coefficient (Wildman–Crippen LogP) is 2.96. The number of hydrogen-bond donors (Lipinski definition) is 3. The van der Waals surface area contributed by atoms with Crippen LogP contribution in [0.15, 0.2) is 48.5 Å². The van der Waals surface area contributed by atoms with E-state index in [9.17, 15) is 9.90 Å². The Balaban J connectivity index is 1.84. The lowest BCUT2D eigenvalue weighted by atomic mass is 10.1. The average Bonchev–Trinajstić information content (AvgIpc) is 2.65. The van der Waals surface area contributed by atoms with Gasteiger partial charge in [0, 0.05) is 6.08 Å². The Hall–Kier alpha value is -2.91. The number of phenolic OH excluding ortho intramolecular Hbond substituents is 1. The van der Waals surface area contributed by atoms with Crippen molar-refractivity contribution >= 4 is 12.0 Å². The molecule has 0 aromatic heterocycles. The lowest BCUT2D eigenvalue weighted by Gasteiger charge is -2.07. The molecule has 8 heteroatoms. The highest BCUT2D eigenvalue weighted by molar-refractivity contribution is 5.88. The van der Waals surface area contributed by atoms with Crippen LogP contribution in [0.4, 0.5) is 0 Å². The molecule has 0 bridgehead atoms. The SMILES string of the molecule is COc1cc(/C=C/C(=O)Oc2ccc(CCCON(O)O)cc2)ccc1O. The molecule has 2 aromatic carbocycles. The molecule has 0 spiro atoms. The number of aryl methyl sites for hydroxylation is 1. The second-order valence-corrected chi connectivity index (χ2v) is 5.52. The van der Waals surface area contributed by atoms with Crippen molar-refractivity contribution in [3.8, 4) is 17.2 Å². The quantitative estimate of drug-likeness (QED) is 0.202. The number of hydrogen-bond acceptors (Lipinski definition) is 8. The zero-order chi connectivity index (χ0) is 19.6. The van der Waals surface area contributed by atoms with Crippen molar-refractivity contribution in [2.75, 3.05) is 13.7 Å². The minimum atomic E-state index is -0.533. The van der Waals surface area contributed by atoms with Crippen LogP contribution in [0.2, 0.25) is 0 Å². The summed E-state index contributed by atoms with van der Waals surface area (Å²) >= 11 is 0. The topological polar surface area (TPSA) is 109 Å². The van der Waals surface area contributed by atoms with Crippen LogP contribution in [0.3, 0.4) is 0 Å². The maximum atomic E-state index is 11.9. The molecule has 8 nitrogen and oxygen atoms in total. The Morgan fingerprint density at radius 3 is 2.56 bits per heavy atom. The maximum absolute atomic E-state index is 11.9. The van der Waals surface area contributed by atoms with Gasteiger partial charge in [-0.15, -0.1) is 0 Å². The lowest BCUT2D eigenvalue weighted by molar-refractivity contribution is -0.492. The van der Waals surface area contributed by atoms with Crippen LogP contribution in [0.25, 0.3) is 6.08 Å². The van der Waals surface area contributed by atoms with E-state index in [1.165, 1.54) is 19.3 Å². The third-order valence-corrected chi connectivity index (χ3v) is 3.57. The number of benzene rings is 2. The van der Waals surface area contributed by atoms with Crippen LogP contribution in [0, 0.1) is 0 Å². The summed E-state index contributed by atoms with van der Waals surface area (Å²) in [5, 5.41) is 26.1. The third kappa shape index (κ3) is 7.08. The minimum Gasteiger partial charge on any atom is -0.504 e. The van der Waals surface area contributed by atoms with Crippen molar-refractivity contribution in [3.05, 3.63) is 59.7 Å². The van der Waals surface area contributed by atoms with Gasteiger partial charge < -0.3 is 14.6 Å². The van der Waals surface area contributed by atoms with Gasteiger partial charge in [0.2, 0.25) is 0 Å². The molecule has 144 valence electrons. The summed E-state index contributed by atoms with van der Waals surface area (Å²) < 4.78 is 10.2. The largest absolute Gasteiger partial charge is 0.504 e. The van der Waals surface area contributed by atoms with Gasteiger partial charge in [-0.3, -0.25) is 15.3 Å². The molecule has 0 radical (unpaired) electrons. The molecule has 3 N–H and O–H groups in total.